The van der Waals surface area contributed by atoms with Gasteiger partial charge in [0.05, 0.1) is 7.11 Å². The van der Waals surface area contributed by atoms with Gasteiger partial charge in [-0.15, -0.1) is 0 Å². The molecule has 1 fully saturated rings. The summed E-state index contributed by atoms with van der Waals surface area (Å²) in [6.07, 6.45) is 3.56. The lowest BCUT2D eigenvalue weighted by molar-refractivity contribution is -0.138. The summed E-state index contributed by atoms with van der Waals surface area (Å²) in [5.41, 5.74) is 2.79. The number of carboxylic acid groups (broad SMARTS) is 1. The Kier molecular flexibility index (Phi) is 3.66. The van der Waals surface area contributed by atoms with Gasteiger partial charge in [-0.1, -0.05) is 6.07 Å². The third-order valence-electron chi connectivity index (χ3n) is 4.62. The molecule has 2 aliphatic rings. The van der Waals surface area contributed by atoms with E-state index < -0.39 is 5.97 Å². The van der Waals surface area contributed by atoms with E-state index >= 15 is 0 Å². The summed E-state index contributed by atoms with van der Waals surface area (Å²) < 4.78 is 5.33. The first kappa shape index (κ1) is 13.4. The van der Waals surface area contributed by atoms with Crippen LogP contribution < -0.4 is 4.74 Å². The first-order valence-electron chi connectivity index (χ1n) is 7.30. The molecule has 0 bridgehead atoms. The lowest BCUT2D eigenvalue weighted by atomic mass is 10.0. The fourth-order valence-electron chi connectivity index (χ4n) is 3.62. The van der Waals surface area contributed by atoms with Crippen LogP contribution in [0, 0.1) is 5.92 Å². The second kappa shape index (κ2) is 5.44. The van der Waals surface area contributed by atoms with Crippen LogP contribution in [0.1, 0.15) is 36.4 Å². The van der Waals surface area contributed by atoms with E-state index in [0.29, 0.717) is 18.4 Å². The smallest absolute Gasteiger partial charge is 0.303 e. The molecule has 4 heteroatoms. The molecule has 1 saturated heterocycles. The van der Waals surface area contributed by atoms with E-state index in [2.05, 4.69) is 17.0 Å². The number of ether oxygens (including phenoxy) is 1. The molecule has 1 aromatic rings. The molecule has 1 aliphatic carbocycles. The number of hydrogen-bond acceptors (Lipinski definition) is 3. The van der Waals surface area contributed by atoms with E-state index in [1.54, 1.807) is 7.11 Å². The molecule has 0 saturated carbocycles. The van der Waals surface area contributed by atoms with E-state index in [4.69, 9.17) is 9.84 Å². The van der Waals surface area contributed by atoms with E-state index in [1.165, 1.54) is 11.1 Å². The zero-order valence-electron chi connectivity index (χ0n) is 11.8. The van der Waals surface area contributed by atoms with Crippen molar-refractivity contribution in [3.05, 3.63) is 29.3 Å². The molecule has 1 aromatic carbocycles. The van der Waals surface area contributed by atoms with Crippen molar-refractivity contribution in [2.45, 2.75) is 31.7 Å². The van der Waals surface area contributed by atoms with Crippen LogP contribution in [0.3, 0.4) is 0 Å². The Morgan fingerprint density at radius 3 is 3.05 bits per heavy atom. The van der Waals surface area contributed by atoms with Crippen LogP contribution in [0.25, 0.3) is 0 Å². The normalized spacial score (nSPS) is 25.6. The standard InChI is InChI=1S/C16H21NO3/c1-20-13-4-2-12-3-5-15(14(12)9-13)17-7-6-11(10-17)8-16(18)19/h2,4,9,11,15H,3,5-8,10H2,1H3,(H,18,19). The average molecular weight is 275 g/mol. The molecule has 0 aromatic heterocycles. The number of benzene rings is 1. The Balaban J connectivity index is 1.73. The van der Waals surface area contributed by atoms with Gasteiger partial charge in [-0.25, -0.2) is 0 Å². The van der Waals surface area contributed by atoms with Gasteiger partial charge >= 0.3 is 5.97 Å². The van der Waals surface area contributed by atoms with Crippen molar-refractivity contribution in [1.82, 2.24) is 4.90 Å². The van der Waals surface area contributed by atoms with Gasteiger partial charge in [0.15, 0.2) is 0 Å². The summed E-state index contributed by atoms with van der Waals surface area (Å²) in [4.78, 5) is 13.3. The monoisotopic (exact) mass is 275 g/mol. The number of rotatable bonds is 4. The van der Waals surface area contributed by atoms with Crippen molar-refractivity contribution in [2.24, 2.45) is 5.92 Å². The largest absolute Gasteiger partial charge is 0.497 e. The van der Waals surface area contributed by atoms with Crippen molar-refractivity contribution >= 4 is 5.97 Å². The van der Waals surface area contributed by atoms with Crippen LogP contribution in [0.4, 0.5) is 0 Å². The Bertz CT molecular complexity index is 514. The fourth-order valence-corrected chi connectivity index (χ4v) is 3.62. The molecule has 3 rings (SSSR count). The highest BCUT2D eigenvalue weighted by Gasteiger charge is 2.33. The Labute approximate surface area is 119 Å². The van der Waals surface area contributed by atoms with Crippen molar-refractivity contribution in [1.29, 1.82) is 0 Å². The van der Waals surface area contributed by atoms with Gasteiger partial charge < -0.3 is 9.84 Å². The summed E-state index contributed by atoms with van der Waals surface area (Å²) >= 11 is 0. The Morgan fingerprint density at radius 2 is 2.30 bits per heavy atom. The maximum absolute atomic E-state index is 10.8. The van der Waals surface area contributed by atoms with Gasteiger partial charge in [0.1, 0.15) is 5.75 Å². The maximum Gasteiger partial charge on any atom is 0.303 e. The van der Waals surface area contributed by atoms with Crippen LogP contribution in [0.15, 0.2) is 18.2 Å². The summed E-state index contributed by atoms with van der Waals surface area (Å²) in [6.45, 7) is 1.92. The van der Waals surface area contributed by atoms with Crippen LogP contribution in [0.5, 0.6) is 5.75 Å². The van der Waals surface area contributed by atoms with Gasteiger partial charge in [0, 0.05) is 19.0 Å². The highest BCUT2D eigenvalue weighted by Crippen LogP contribution is 2.40. The third kappa shape index (κ3) is 2.52. The molecule has 0 amide bonds. The molecule has 2 atom stereocenters. The molecule has 0 spiro atoms. The molecule has 1 aliphatic heterocycles. The van der Waals surface area contributed by atoms with Gasteiger partial charge in [-0.3, -0.25) is 9.69 Å². The first-order valence-corrected chi connectivity index (χ1v) is 7.30. The van der Waals surface area contributed by atoms with Crippen molar-refractivity contribution < 1.29 is 14.6 Å². The zero-order chi connectivity index (χ0) is 14.1. The number of nitrogens with zero attached hydrogens (tertiary/aromatic N) is 1. The zero-order valence-corrected chi connectivity index (χ0v) is 11.8. The minimum absolute atomic E-state index is 0.300. The van der Waals surface area contributed by atoms with E-state index in [1.807, 2.05) is 6.07 Å². The molecule has 1 heterocycles. The maximum atomic E-state index is 10.8. The minimum atomic E-state index is -0.676. The topological polar surface area (TPSA) is 49.8 Å². The van der Waals surface area contributed by atoms with Crippen molar-refractivity contribution in [2.75, 3.05) is 20.2 Å². The highest BCUT2D eigenvalue weighted by molar-refractivity contribution is 5.67. The quantitative estimate of drug-likeness (QED) is 0.917. The van der Waals surface area contributed by atoms with Gasteiger partial charge in [0.25, 0.3) is 0 Å². The van der Waals surface area contributed by atoms with Crippen LogP contribution in [-0.2, 0) is 11.2 Å². The number of aryl methyl sites for hydroxylation is 1. The fraction of sp³-hybridized carbons (Fsp3) is 0.562. The average Bonchev–Trinajstić information content (AvgIpc) is 3.03. The number of carbonyl (C=O) groups is 1. The lowest BCUT2D eigenvalue weighted by Crippen LogP contribution is -2.25. The van der Waals surface area contributed by atoms with Crippen LogP contribution in [-0.4, -0.2) is 36.2 Å². The molecule has 108 valence electrons. The van der Waals surface area contributed by atoms with Gasteiger partial charge in [-0.2, -0.15) is 0 Å². The van der Waals surface area contributed by atoms with E-state index in [0.717, 1.165) is 38.1 Å². The lowest BCUT2D eigenvalue weighted by Gasteiger charge is -2.25. The summed E-state index contributed by atoms with van der Waals surface area (Å²) in [7, 11) is 1.70. The Hall–Kier alpha value is -1.55. The van der Waals surface area contributed by atoms with Gasteiger partial charge in [-0.05, 0) is 55.0 Å². The van der Waals surface area contributed by atoms with Gasteiger partial charge in [0.2, 0.25) is 0 Å². The summed E-state index contributed by atoms with van der Waals surface area (Å²) in [5.74, 6) is 0.546. The predicted molar refractivity (Wildman–Crippen MR) is 76.0 cm³/mol. The summed E-state index contributed by atoms with van der Waals surface area (Å²) in [6, 6.07) is 6.79. The van der Waals surface area contributed by atoms with E-state index in [-0.39, 0.29) is 0 Å². The first-order chi connectivity index (χ1) is 9.67. The highest BCUT2D eigenvalue weighted by atomic mass is 16.5. The van der Waals surface area contributed by atoms with Crippen LogP contribution in [0.2, 0.25) is 0 Å². The predicted octanol–water partition coefficient (Wildman–Crippen LogP) is 2.48. The molecule has 1 N–H and O–H groups in total. The van der Waals surface area contributed by atoms with Crippen molar-refractivity contribution in [3.63, 3.8) is 0 Å². The van der Waals surface area contributed by atoms with Crippen molar-refractivity contribution in [3.8, 4) is 5.75 Å². The molecule has 2 unspecified atom stereocenters. The second-order valence-electron chi connectivity index (χ2n) is 5.87. The number of carboxylic acids is 1. The second-order valence-corrected chi connectivity index (χ2v) is 5.87. The number of hydrogen-bond donors (Lipinski definition) is 1. The molecular weight excluding hydrogens is 254 g/mol. The SMILES string of the molecule is COc1ccc2c(c1)C(N1CCC(CC(=O)O)C1)CC2. The number of aliphatic carboxylic acids is 1. The van der Waals surface area contributed by atoms with E-state index in [9.17, 15) is 4.79 Å². The minimum Gasteiger partial charge on any atom is -0.497 e. The number of likely N-dealkylation sites (tertiary alicyclic amines) is 1. The molecule has 20 heavy (non-hydrogen) atoms. The molecule has 0 radical (unpaired) electrons. The molecular formula is C16H21NO3. The summed E-state index contributed by atoms with van der Waals surface area (Å²) in [5, 5.41) is 8.92. The molecule has 4 nitrogen and oxygen atoms in total. The number of fused-ring (bicyclic) bond motifs is 1. The Morgan fingerprint density at radius 1 is 1.45 bits per heavy atom. The number of methoxy groups -OCH3 is 1. The third-order valence-corrected chi connectivity index (χ3v) is 4.62. The van der Waals surface area contributed by atoms with Crippen LogP contribution >= 0.6 is 0 Å².